The maximum Gasteiger partial charge on any atom is 0.223 e. The molecule has 1 N–H and O–H groups in total. The van der Waals surface area contributed by atoms with Gasteiger partial charge in [0.15, 0.2) is 0 Å². The van der Waals surface area contributed by atoms with Gasteiger partial charge in [-0.2, -0.15) is 0 Å². The van der Waals surface area contributed by atoms with Gasteiger partial charge >= 0.3 is 0 Å². The molecule has 3 heteroatoms. The third-order valence-electron chi connectivity index (χ3n) is 0.969. The summed E-state index contributed by atoms with van der Waals surface area (Å²) in [5.41, 5.74) is 0. The molecule has 0 bridgehead atoms. The Morgan fingerprint density at radius 2 is 1.82 bits per heavy atom. The number of hydrogen-bond donors (Lipinski definition) is 1. The molecule has 0 unspecified atom stereocenters. The van der Waals surface area contributed by atoms with E-state index in [4.69, 9.17) is 0 Å². The summed E-state index contributed by atoms with van der Waals surface area (Å²) in [5.74, 6) is -0.329. The lowest BCUT2D eigenvalue weighted by Gasteiger charge is -1.79. The molecule has 0 atom stereocenters. The van der Waals surface area contributed by atoms with Crippen LogP contribution in [0.4, 0.5) is 0 Å². The molecule has 3 nitrogen and oxygen atoms in total. The number of imide groups is 1. The summed E-state index contributed by atoms with van der Waals surface area (Å²) in [6.07, 6.45) is 4.43. The van der Waals surface area contributed by atoms with Crippen molar-refractivity contribution in [1.82, 2.24) is 5.32 Å². The Bertz CT molecular complexity index is 100. The normalized spacial score (nSPS) is 7.55. The molecule has 0 spiro atoms. The van der Waals surface area contributed by atoms with Crippen LogP contribution >= 0.6 is 0 Å². The minimum atomic E-state index is -0.329. The van der Waals surface area contributed by atoms with Gasteiger partial charge in [-0.25, -0.2) is 0 Å². The fraction of sp³-hybridized carbons (Fsp3) is 0.750. The van der Waals surface area contributed by atoms with Crippen molar-refractivity contribution in [3.63, 3.8) is 0 Å². The zero-order valence-corrected chi connectivity index (χ0v) is 7.52. The number of carbonyl (C=O) groups is 2. The van der Waals surface area contributed by atoms with E-state index < -0.39 is 0 Å². The molecule has 0 aromatic rings. The van der Waals surface area contributed by atoms with Crippen LogP contribution in [0.5, 0.6) is 0 Å². The van der Waals surface area contributed by atoms with Crippen LogP contribution in [0, 0.1) is 0 Å². The summed E-state index contributed by atoms with van der Waals surface area (Å²) in [6.45, 7) is 5.70. The van der Waals surface area contributed by atoms with Crippen molar-refractivity contribution in [3.8, 4) is 0 Å². The Morgan fingerprint density at radius 1 is 1.36 bits per heavy atom. The molecule has 0 aliphatic rings. The second-order valence-electron chi connectivity index (χ2n) is 2.17. The van der Waals surface area contributed by atoms with Crippen LogP contribution in [-0.4, -0.2) is 12.3 Å². The van der Waals surface area contributed by atoms with Gasteiger partial charge in [0, 0.05) is 6.92 Å². The summed E-state index contributed by atoms with van der Waals surface area (Å²) in [7, 11) is 0. The average molecular weight is 159 g/mol. The lowest BCUT2D eigenvalue weighted by Crippen LogP contribution is -2.16. The standard InChI is InChI=1S/C5H12.C3H5NO2/c1-3-5-4-2;1-3(6)4-2-5/h3-5H2,1-2H3;2H,1H3,(H,4,5,6). The summed E-state index contributed by atoms with van der Waals surface area (Å²) in [4.78, 5) is 19.0. The lowest BCUT2D eigenvalue weighted by molar-refractivity contribution is -0.123. The van der Waals surface area contributed by atoms with Crippen molar-refractivity contribution in [3.05, 3.63) is 0 Å². The van der Waals surface area contributed by atoms with E-state index in [9.17, 15) is 9.59 Å². The number of unbranched alkanes of at least 4 members (excludes halogenated alkanes) is 2. The first kappa shape index (κ1) is 12.8. The first-order valence-corrected chi connectivity index (χ1v) is 3.89. The molecule has 0 rings (SSSR count). The highest BCUT2D eigenvalue weighted by Gasteiger charge is 1.79. The van der Waals surface area contributed by atoms with Gasteiger partial charge in [0.2, 0.25) is 12.3 Å². The largest absolute Gasteiger partial charge is 0.299 e. The van der Waals surface area contributed by atoms with Crippen molar-refractivity contribution in [1.29, 1.82) is 0 Å². The number of amides is 2. The van der Waals surface area contributed by atoms with Crippen molar-refractivity contribution < 1.29 is 9.59 Å². The second-order valence-corrected chi connectivity index (χ2v) is 2.17. The van der Waals surface area contributed by atoms with E-state index in [0.29, 0.717) is 6.41 Å². The van der Waals surface area contributed by atoms with Gasteiger partial charge in [0.1, 0.15) is 0 Å². The van der Waals surface area contributed by atoms with Crippen LogP contribution in [0.25, 0.3) is 0 Å². The molecule has 66 valence electrons. The van der Waals surface area contributed by atoms with Crippen molar-refractivity contribution in [2.24, 2.45) is 0 Å². The van der Waals surface area contributed by atoms with E-state index in [2.05, 4.69) is 13.8 Å². The Balaban J connectivity index is 0. The highest BCUT2D eigenvalue weighted by molar-refractivity contribution is 5.83. The van der Waals surface area contributed by atoms with Gasteiger partial charge in [0.25, 0.3) is 0 Å². The first-order chi connectivity index (χ1) is 5.18. The molecular formula is C8H17NO2. The van der Waals surface area contributed by atoms with E-state index in [0.717, 1.165) is 0 Å². The highest BCUT2D eigenvalue weighted by Crippen LogP contribution is 1.88. The molecule has 0 aromatic heterocycles. The molecule has 0 heterocycles. The Hall–Kier alpha value is -0.860. The molecule has 0 radical (unpaired) electrons. The summed E-state index contributed by atoms with van der Waals surface area (Å²) < 4.78 is 0. The van der Waals surface area contributed by atoms with E-state index in [1.165, 1.54) is 26.2 Å². The number of carbonyl (C=O) groups excluding carboxylic acids is 2. The molecule has 2 amide bonds. The molecule has 0 aromatic carbocycles. The first-order valence-electron chi connectivity index (χ1n) is 3.89. The Morgan fingerprint density at radius 3 is 1.82 bits per heavy atom. The predicted molar refractivity (Wildman–Crippen MR) is 45.1 cm³/mol. The smallest absolute Gasteiger partial charge is 0.223 e. The fourth-order valence-corrected chi connectivity index (χ4v) is 0.437. The third kappa shape index (κ3) is 27.2. The van der Waals surface area contributed by atoms with Gasteiger partial charge in [-0.1, -0.05) is 33.1 Å². The van der Waals surface area contributed by atoms with E-state index in [-0.39, 0.29) is 5.91 Å². The van der Waals surface area contributed by atoms with Gasteiger partial charge in [-0.15, -0.1) is 0 Å². The maximum atomic E-state index is 9.70. The van der Waals surface area contributed by atoms with Crippen LogP contribution in [0.1, 0.15) is 40.0 Å². The van der Waals surface area contributed by atoms with Gasteiger partial charge in [0.05, 0.1) is 0 Å². The van der Waals surface area contributed by atoms with E-state index in [1.807, 2.05) is 5.32 Å². The topological polar surface area (TPSA) is 46.2 Å². The van der Waals surface area contributed by atoms with Gasteiger partial charge < -0.3 is 0 Å². The van der Waals surface area contributed by atoms with Crippen LogP contribution < -0.4 is 5.32 Å². The molecule has 0 fully saturated rings. The predicted octanol–water partition coefficient (Wildman–Crippen LogP) is 1.48. The SMILES string of the molecule is CC(=O)NC=O.CCCCC. The second kappa shape index (κ2) is 11.9. The van der Waals surface area contributed by atoms with Crippen LogP contribution in [-0.2, 0) is 9.59 Å². The lowest BCUT2D eigenvalue weighted by atomic mass is 10.3. The Kier molecular flexibility index (Phi) is 13.8. The molecule has 0 aliphatic heterocycles. The van der Waals surface area contributed by atoms with Crippen LogP contribution in [0.2, 0.25) is 0 Å². The highest BCUT2D eigenvalue weighted by atomic mass is 16.2. The third-order valence-corrected chi connectivity index (χ3v) is 0.969. The minimum Gasteiger partial charge on any atom is -0.299 e. The van der Waals surface area contributed by atoms with Gasteiger partial charge in [-0.05, 0) is 0 Å². The number of nitrogens with one attached hydrogen (secondary N) is 1. The molecule has 11 heavy (non-hydrogen) atoms. The molecule has 0 aliphatic carbocycles. The maximum absolute atomic E-state index is 9.70. The Labute approximate surface area is 68.2 Å². The number of hydrogen-bond acceptors (Lipinski definition) is 2. The minimum absolute atomic E-state index is 0.329. The van der Waals surface area contributed by atoms with E-state index in [1.54, 1.807) is 0 Å². The van der Waals surface area contributed by atoms with Gasteiger partial charge in [-0.3, -0.25) is 14.9 Å². The van der Waals surface area contributed by atoms with Crippen molar-refractivity contribution >= 4 is 12.3 Å². The van der Waals surface area contributed by atoms with Crippen LogP contribution in [0.15, 0.2) is 0 Å². The van der Waals surface area contributed by atoms with Crippen LogP contribution in [0.3, 0.4) is 0 Å². The number of rotatable bonds is 3. The van der Waals surface area contributed by atoms with Crippen molar-refractivity contribution in [2.75, 3.05) is 0 Å². The summed E-state index contributed by atoms with van der Waals surface area (Å²) in [6, 6.07) is 0. The van der Waals surface area contributed by atoms with Crippen molar-refractivity contribution in [2.45, 2.75) is 40.0 Å². The fourth-order valence-electron chi connectivity index (χ4n) is 0.437. The summed E-state index contributed by atoms with van der Waals surface area (Å²) in [5, 5.41) is 1.89. The average Bonchev–Trinajstić information content (AvgIpc) is 1.90. The molecule has 0 saturated carbocycles. The zero-order valence-electron chi connectivity index (χ0n) is 7.52. The quantitative estimate of drug-likeness (QED) is 0.634. The monoisotopic (exact) mass is 159 g/mol. The molecule has 0 saturated heterocycles. The summed E-state index contributed by atoms with van der Waals surface area (Å²) >= 11 is 0. The van der Waals surface area contributed by atoms with E-state index >= 15 is 0 Å². The molecular weight excluding hydrogens is 142 g/mol. The zero-order chi connectivity index (χ0) is 9.11.